The molecule has 0 aliphatic heterocycles. The molecule has 0 aromatic carbocycles. The van der Waals surface area contributed by atoms with E-state index >= 15 is 0 Å². The molecule has 0 heterocycles. The number of aliphatic hydroxyl groups is 1. The summed E-state index contributed by atoms with van der Waals surface area (Å²) in [6, 6.07) is -0.0393. The molecule has 13 heavy (non-hydrogen) atoms. The molecule has 1 aliphatic rings. The maximum Gasteiger partial charge on any atom is 0.280 e. The molecule has 0 radical (unpaired) electrons. The fourth-order valence-electron chi connectivity index (χ4n) is 1.08. The first-order chi connectivity index (χ1) is 6.06. The zero-order chi connectivity index (χ0) is 10.0. The van der Waals surface area contributed by atoms with E-state index in [4.69, 9.17) is 5.11 Å². The molecule has 1 aliphatic carbocycles. The van der Waals surface area contributed by atoms with Gasteiger partial charge in [-0.1, -0.05) is 0 Å². The van der Waals surface area contributed by atoms with E-state index in [1.807, 2.05) is 0 Å². The molecule has 74 valence electrons. The Morgan fingerprint density at radius 1 is 1.62 bits per heavy atom. The second-order valence-corrected chi connectivity index (χ2v) is 3.57. The van der Waals surface area contributed by atoms with Crippen LogP contribution < -0.4 is 5.32 Å². The van der Waals surface area contributed by atoms with Gasteiger partial charge in [-0.25, -0.2) is 4.39 Å². The van der Waals surface area contributed by atoms with Gasteiger partial charge in [-0.2, -0.15) is 0 Å². The van der Waals surface area contributed by atoms with Gasteiger partial charge in [0.05, 0.1) is 0 Å². The number of amides is 1. The van der Waals surface area contributed by atoms with E-state index in [0.717, 1.165) is 6.42 Å². The zero-order valence-corrected chi connectivity index (χ0v) is 7.80. The first-order valence-electron chi connectivity index (χ1n) is 4.31. The van der Waals surface area contributed by atoms with Crippen LogP contribution in [0.15, 0.2) is 11.4 Å². The van der Waals surface area contributed by atoms with Crippen LogP contribution in [0.5, 0.6) is 0 Å². The van der Waals surface area contributed by atoms with E-state index in [0.29, 0.717) is 5.57 Å². The Morgan fingerprint density at radius 2 is 2.23 bits per heavy atom. The van der Waals surface area contributed by atoms with Gasteiger partial charge in [0.1, 0.15) is 0 Å². The van der Waals surface area contributed by atoms with Gasteiger partial charge in [-0.05, 0) is 25.8 Å². The van der Waals surface area contributed by atoms with E-state index in [1.165, 1.54) is 0 Å². The monoisotopic (exact) mass is 187 g/mol. The minimum absolute atomic E-state index is 0.0393. The molecule has 1 fully saturated rings. The lowest BCUT2D eigenvalue weighted by Gasteiger charge is -2.02. The van der Waals surface area contributed by atoms with Crippen molar-refractivity contribution >= 4 is 5.91 Å². The van der Waals surface area contributed by atoms with Gasteiger partial charge in [0.2, 0.25) is 0 Å². The molecular formula is C9H14FNO2. The summed E-state index contributed by atoms with van der Waals surface area (Å²) < 4.78 is 12.9. The van der Waals surface area contributed by atoms with Gasteiger partial charge in [0.25, 0.3) is 5.91 Å². The Morgan fingerprint density at radius 3 is 2.62 bits per heavy atom. The molecule has 0 aromatic heterocycles. The SMILES string of the molecule is CC(C)=C(F)C(=O)NC1CC1CO. The van der Waals surface area contributed by atoms with Gasteiger partial charge in [0.15, 0.2) is 5.83 Å². The molecule has 2 unspecified atom stereocenters. The maximum absolute atomic E-state index is 12.9. The number of hydrogen-bond donors (Lipinski definition) is 2. The average molecular weight is 187 g/mol. The van der Waals surface area contributed by atoms with Crippen LogP contribution in [0.25, 0.3) is 0 Å². The van der Waals surface area contributed by atoms with Crippen molar-refractivity contribution in [1.82, 2.24) is 5.32 Å². The van der Waals surface area contributed by atoms with Crippen molar-refractivity contribution in [1.29, 1.82) is 0 Å². The number of carbonyl (C=O) groups excluding carboxylic acids is 1. The summed E-state index contributed by atoms with van der Waals surface area (Å²) in [7, 11) is 0. The molecule has 1 saturated carbocycles. The summed E-state index contributed by atoms with van der Waals surface area (Å²) in [5.74, 6) is -1.27. The van der Waals surface area contributed by atoms with E-state index in [-0.39, 0.29) is 18.6 Å². The van der Waals surface area contributed by atoms with Gasteiger partial charge in [0, 0.05) is 18.6 Å². The lowest BCUT2D eigenvalue weighted by molar-refractivity contribution is -0.119. The fourth-order valence-corrected chi connectivity index (χ4v) is 1.08. The van der Waals surface area contributed by atoms with Crippen molar-refractivity contribution in [3.05, 3.63) is 11.4 Å². The standard InChI is InChI=1S/C9H14FNO2/c1-5(2)8(10)9(13)11-7-3-6(7)4-12/h6-7,12H,3-4H2,1-2H3,(H,11,13). The predicted molar refractivity (Wildman–Crippen MR) is 46.6 cm³/mol. The topological polar surface area (TPSA) is 49.3 Å². The molecular weight excluding hydrogens is 173 g/mol. The van der Waals surface area contributed by atoms with E-state index < -0.39 is 11.7 Å². The van der Waals surface area contributed by atoms with Crippen LogP contribution in [-0.2, 0) is 4.79 Å². The van der Waals surface area contributed by atoms with Crippen LogP contribution in [0, 0.1) is 5.92 Å². The second kappa shape index (κ2) is 3.87. The highest BCUT2D eigenvalue weighted by molar-refractivity contribution is 5.92. The Hall–Kier alpha value is -0.900. The summed E-state index contributed by atoms with van der Waals surface area (Å²) in [6.07, 6.45) is 0.748. The average Bonchev–Trinajstić information content (AvgIpc) is 2.81. The molecule has 2 atom stereocenters. The fraction of sp³-hybridized carbons (Fsp3) is 0.667. The molecule has 4 heteroatoms. The number of allylic oxidation sites excluding steroid dienone is 1. The Bertz CT molecular complexity index is 246. The van der Waals surface area contributed by atoms with Crippen molar-refractivity contribution in [2.75, 3.05) is 6.61 Å². The van der Waals surface area contributed by atoms with Crippen molar-refractivity contribution in [3.8, 4) is 0 Å². The highest BCUT2D eigenvalue weighted by Crippen LogP contribution is 2.29. The Labute approximate surface area is 76.6 Å². The Balaban J connectivity index is 2.39. The van der Waals surface area contributed by atoms with Crippen molar-refractivity contribution in [2.45, 2.75) is 26.3 Å². The minimum Gasteiger partial charge on any atom is -0.396 e. The minimum atomic E-state index is -0.719. The van der Waals surface area contributed by atoms with Gasteiger partial charge in [-0.3, -0.25) is 4.79 Å². The molecule has 3 nitrogen and oxygen atoms in total. The summed E-state index contributed by atoms with van der Waals surface area (Å²) in [4.78, 5) is 11.1. The van der Waals surface area contributed by atoms with E-state index in [1.54, 1.807) is 13.8 Å². The summed E-state index contributed by atoms with van der Waals surface area (Å²) >= 11 is 0. The third kappa shape index (κ3) is 2.52. The second-order valence-electron chi connectivity index (χ2n) is 3.57. The van der Waals surface area contributed by atoms with E-state index in [9.17, 15) is 9.18 Å². The van der Waals surface area contributed by atoms with Crippen LogP contribution in [-0.4, -0.2) is 23.7 Å². The maximum atomic E-state index is 12.9. The first-order valence-corrected chi connectivity index (χ1v) is 4.31. The summed E-state index contributed by atoms with van der Waals surface area (Å²) in [5, 5.41) is 11.2. The number of nitrogens with one attached hydrogen (secondary N) is 1. The van der Waals surface area contributed by atoms with Gasteiger partial charge >= 0.3 is 0 Å². The molecule has 0 spiro atoms. The van der Waals surface area contributed by atoms with Crippen LogP contribution in [0.2, 0.25) is 0 Å². The van der Waals surface area contributed by atoms with Crippen LogP contribution >= 0.6 is 0 Å². The Kier molecular flexibility index (Phi) is 3.03. The number of rotatable bonds is 3. The molecule has 0 bridgehead atoms. The molecule has 0 aromatic rings. The zero-order valence-electron chi connectivity index (χ0n) is 7.80. The quantitative estimate of drug-likeness (QED) is 0.640. The summed E-state index contributed by atoms with van der Waals surface area (Å²) in [5.41, 5.74) is 0.374. The van der Waals surface area contributed by atoms with Crippen LogP contribution in [0.1, 0.15) is 20.3 Å². The van der Waals surface area contributed by atoms with Crippen molar-refractivity contribution < 1.29 is 14.3 Å². The molecule has 0 saturated heterocycles. The van der Waals surface area contributed by atoms with Crippen molar-refractivity contribution in [2.24, 2.45) is 5.92 Å². The lowest BCUT2D eigenvalue weighted by Crippen LogP contribution is -2.27. The molecule has 1 rings (SSSR count). The number of hydrogen-bond acceptors (Lipinski definition) is 2. The van der Waals surface area contributed by atoms with Crippen LogP contribution in [0.3, 0.4) is 0 Å². The summed E-state index contributed by atoms with van der Waals surface area (Å²) in [6.45, 7) is 3.15. The normalized spacial score (nSPS) is 25.2. The third-order valence-corrected chi connectivity index (χ3v) is 2.11. The lowest BCUT2D eigenvalue weighted by atomic mass is 10.3. The molecule has 2 N–H and O–H groups in total. The number of aliphatic hydroxyl groups excluding tert-OH is 1. The highest BCUT2D eigenvalue weighted by Gasteiger charge is 2.38. The third-order valence-electron chi connectivity index (χ3n) is 2.11. The van der Waals surface area contributed by atoms with E-state index in [2.05, 4.69) is 5.32 Å². The van der Waals surface area contributed by atoms with Crippen molar-refractivity contribution in [3.63, 3.8) is 0 Å². The predicted octanol–water partition coefficient (Wildman–Crippen LogP) is 0.747. The van der Waals surface area contributed by atoms with Gasteiger partial charge < -0.3 is 10.4 Å². The number of carbonyl (C=O) groups is 1. The first kappa shape index (κ1) is 10.2. The molecule has 1 amide bonds. The van der Waals surface area contributed by atoms with Gasteiger partial charge in [-0.15, -0.1) is 0 Å². The largest absolute Gasteiger partial charge is 0.396 e. The number of halogens is 1. The van der Waals surface area contributed by atoms with Crippen LogP contribution in [0.4, 0.5) is 4.39 Å². The highest BCUT2D eigenvalue weighted by atomic mass is 19.1. The smallest absolute Gasteiger partial charge is 0.280 e.